The third-order valence-electron chi connectivity index (χ3n) is 9.35. The molecule has 264 valence electrons. The van der Waals surface area contributed by atoms with Crippen LogP contribution in [0.15, 0.2) is 67.1 Å². The van der Waals surface area contributed by atoms with Crippen LogP contribution in [-0.4, -0.2) is 78.7 Å². The number of carbonyl (C=O) groups excluding carboxylic acids is 1. The van der Waals surface area contributed by atoms with E-state index in [2.05, 4.69) is 37.5 Å². The molecule has 0 radical (unpaired) electrons. The van der Waals surface area contributed by atoms with Gasteiger partial charge in [0, 0.05) is 83.2 Å². The first-order valence-corrected chi connectivity index (χ1v) is 17.1. The number of imidazole rings is 1. The maximum atomic E-state index is 13.7. The molecule has 6 heterocycles. The number of ether oxygens (including phenoxy) is 3. The molecule has 1 fully saturated rings. The highest BCUT2D eigenvalue weighted by molar-refractivity contribution is 6.20. The lowest BCUT2D eigenvalue weighted by Gasteiger charge is -2.27. The smallest absolute Gasteiger partial charge is 0.420 e. The summed E-state index contributed by atoms with van der Waals surface area (Å²) in [4.78, 5) is 34.9. The minimum absolute atomic E-state index is 0.00573. The van der Waals surface area contributed by atoms with Crippen LogP contribution in [0.2, 0.25) is 0 Å². The van der Waals surface area contributed by atoms with Crippen molar-refractivity contribution in [3.63, 3.8) is 0 Å². The fourth-order valence-electron chi connectivity index (χ4n) is 7.00. The zero-order valence-corrected chi connectivity index (χ0v) is 28.5. The molecule has 1 saturated heterocycles. The summed E-state index contributed by atoms with van der Waals surface area (Å²) < 4.78 is 45.7. The summed E-state index contributed by atoms with van der Waals surface area (Å²) >= 11 is 4.88. The number of amides is 1. The number of halogens is 3. The normalized spacial score (nSPS) is 16.8. The van der Waals surface area contributed by atoms with E-state index in [-0.39, 0.29) is 11.8 Å². The fourth-order valence-corrected chi connectivity index (χ4v) is 7.09. The first-order chi connectivity index (χ1) is 25.2. The third kappa shape index (κ3) is 5.99. The molecule has 2 aromatic carbocycles. The maximum Gasteiger partial charge on any atom is 0.487 e. The van der Waals surface area contributed by atoms with Gasteiger partial charge in [-0.05, 0) is 55.5 Å². The van der Waals surface area contributed by atoms with Gasteiger partial charge >= 0.3 is 5.57 Å². The molecule has 0 unspecified atom stereocenters. The molecule has 1 amide bonds. The third-order valence-corrected chi connectivity index (χ3v) is 9.43. The van der Waals surface area contributed by atoms with Crippen LogP contribution >= 0.6 is 11.6 Å². The predicted molar refractivity (Wildman–Crippen MR) is 187 cm³/mol. The second-order valence-electron chi connectivity index (χ2n) is 12.8. The van der Waals surface area contributed by atoms with Gasteiger partial charge in [0.15, 0.2) is 0 Å². The molecule has 4 aromatic heterocycles. The summed E-state index contributed by atoms with van der Waals surface area (Å²) in [5, 5.41) is 7.77. The first kappa shape index (κ1) is 32.4. The summed E-state index contributed by atoms with van der Waals surface area (Å²) in [5.41, 5.74) is 3.53. The molecule has 3 aliphatic rings. The van der Waals surface area contributed by atoms with Crippen LogP contribution in [0.5, 0.6) is 5.75 Å². The summed E-state index contributed by atoms with van der Waals surface area (Å²) in [7, 11) is 0. The van der Waals surface area contributed by atoms with E-state index < -0.39 is 11.5 Å². The van der Waals surface area contributed by atoms with Gasteiger partial charge in [0.1, 0.15) is 24.0 Å². The van der Waals surface area contributed by atoms with Gasteiger partial charge in [-0.25, -0.2) is 14.6 Å². The van der Waals surface area contributed by atoms with Crippen LogP contribution in [0.1, 0.15) is 40.4 Å². The predicted octanol–water partition coefficient (Wildman–Crippen LogP) is 5.99. The molecule has 0 spiro atoms. The molecule has 1 aliphatic carbocycles. The number of anilines is 2. The Hall–Kier alpha value is -5.51. The molecule has 1 atom stereocenters. The van der Waals surface area contributed by atoms with Gasteiger partial charge in [0.2, 0.25) is 0 Å². The van der Waals surface area contributed by atoms with Crippen LogP contribution in [0, 0.1) is 0 Å². The first-order valence-electron chi connectivity index (χ1n) is 16.7. The highest BCUT2D eigenvalue weighted by atomic mass is 35.5. The Balaban J connectivity index is 1.08. The zero-order chi connectivity index (χ0) is 35.6. The number of rotatable bonds is 7. The number of nitrogens with one attached hydrogen (secondary N) is 1. The van der Waals surface area contributed by atoms with Crippen LogP contribution in [-0.2, 0) is 22.5 Å². The van der Waals surface area contributed by atoms with Crippen molar-refractivity contribution in [1.82, 2.24) is 34.3 Å². The Morgan fingerprint density at radius 3 is 2.67 bits per heavy atom. The Bertz CT molecular complexity index is 2350. The highest BCUT2D eigenvalue weighted by Gasteiger charge is 2.29. The Kier molecular flexibility index (Phi) is 7.86. The Morgan fingerprint density at radius 1 is 1.04 bits per heavy atom. The number of nitrogens with zero attached hydrogens (tertiary/aromatic N) is 8. The number of aromatic nitrogens is 7. The Morgan fingerprint density at radius 2 is 1.87 bits per heavy atom. The number of hydrogen-bond donors (Lipinski definition) is 1. The topological polar surface area (TPSA) is 134 Å². The number of carbonyl (C=O) groups is 1. The van der Waals surface area contributed by atoms with Crippen LogP contribution in [0.25, 0.3) is 39.4 Å². The highest BCUT2D eigenvalue weighted by Crippen LogP contribution is 2.40. The van der Waals surface area contributed by atoms with Crippen molar-refractivity contribution in [3.05, 3.63) is 89.8 Å². The second-order valence-corrected chi connectivity index (χ2v) is 13.3. The number of fused-ring (bicyclic) bond motifs is 6. The summed E-state index contributed by atoms with van der Waals surface area (Å²) in [5.74, 6) is 1.50. The van der Waals surface area contributed by atoms with Gasteiger partial charge in [-0.2, -0.15) is 10.1 Å². The molecular formula is C36H30ClF2N9O4. The van der Waals surface area contributed by atoms with Gasteiger partial charge in [-0.1, -0.05) is 0 Å². The van der Waals surface area contributed by atoms with Gasteiger partial charge in [-0.15, -0.1) is 8.78 Å². The van der Waals surface area contributed by atoms with Crippen molar-refractivity contribution >= 4 is 40.0 Å². The molecule has 13 nitrogen and oxygen atoms in total. The Labute approximate surface area is 300 Å². The quantitative estimate of drug-likeness (QED) is 0.195. The van der Waals surface area contributed by atoms with E-state index in [0.717, 1.165) is 63.9 Å². The largest absolute Gasteiger partial charge is 0.487 e. The molecule has 16 heteroatoms. The lowest BCUT2D eigenvalue weighted by Crippen LogP contribution is -2.36. The number of benzene rings is 2. The molecule has 1 N–H and O–H groups in total. The lowest BCUT2D eigenvalue weighted by atomic mass is 9.99. The molecule has 0 saturated carbocycles. The van der Waals surface area contributed by atoms with Crippen molar-refractivity contribution in [3.8, 4) is 34.1 Å². The standard InChI is InChI=1S/C36H30ClF2N9O4/c1-20-18-51-19-31-43-29-14-21(34(49)42-24-2-4-25(5-3-24)52-36(37,38)39)12-26(33(29)48(20)31)22-13-27-28(41-16-22)15-23-17-47(45-32(23)27)35-40-7-6-30(44-35)46-8-10-50-11-9-46/h2-7,12-14,16-17,20H,8-11,15,18-19H2,1H3,(H,42,49)/t20-/m1/s1. The van der Waals surface area contributed by atoms with Crippen molar-refractivity contribution in [1.29, 1.82) is 0 Å². The molecule has 52 heavy (non-hydrogen) atoms. The van der Waals surface area contributed by atoms with Gasteiger partial charge in [0.25, 0.3) is 11.9 Å². The van der Waals surface area contributed by atoms with E-state index in [9.17, 15) is 13.6 Å². The van der Waals surface area contributed by atoms with Crippen molar-refractivity contribution in [2.24, 2.45) is 0 Å². The maximum absolute atomic E-state index is 13.7. The number of alkyl halides is 3. The van der Waals surface area contributed by atoms with Gasteiger partial charge in [-0.3, -0.25) is 9.78 Å². The molecule has 2 aliphatic heterocycles. The monoisotopic (exact) mass is 725 g/mol. The number of morpholine rings is 1. The molecule has 6 aromatic rings. The summed E-state index contributed by atoms with van der Waals surface area (Å²) in [6, 6.07) is 13.0. The molecular weight excluding hydrogens is 696 g/mol. The summed E-state index contributed by atoms with van der Waals surface area (Å²) in [6.45, 7) is 5.76. The van der Waals surface area contributed by atoms with Crippen LogP contribution in [0.4, 0.5) is 20.3 Å². The van der Waals surface area contributed by atoms with E-state index in [1.54, 1.807) is 16.9 Å². The van der Waals surface area contributed by atoms with Crippen LogP contribution in [0.3, 0.4) is 0 Å². The summed E-state index contributed by atoms with van der Waals surface area (Å²) in [6.07, 6.45) is 6.12. The number of pyridine rings is 1. The SMILES string of the molecule is C[C@@H]1COCc2nc3cc(C(=O)Nc4ccc(OC(F)(F)Cl)cc4)cc(-c4cnc5c(c4)-c4nn(-c6nccc(N7CCOCC7)n6)cc4C5)c3n21. The minimum atomic E-state index is -3.85. The zero-order valence-electron chi connectivity index (χ0n) is 27.7. The van der Waals surface area contributed by atoms with E-state index in [0.29, 0.717) is 55.6 Å². The van der Waals surface area contributed by atoms with Gasteiger partial charge in [0.05, 0.1) is 48.3 Å². The van der Waals surface area contributed by atoms with E-state index in [4.69, 9.17) is 41.1 Å². The average molecular weight is 726 g/mol. The molecule has 0 bridgehead atoms. The van der Waals surface area contributed by atoms with E-state index in [1.165, 1.54) is 24.3 Å². The van der Waals surface area contributed by atoms with E-state index in [1.807, 2.05) is 24.5 Å². The van der Waals surface area contributed by atoms with E-state index >= 15 is 0 Å². The fraction of sp³-hybridized carbons (Fsp3) is 0.278. The van der Waals surface area contributed by atoms with Crippen molar-refractivity contribution < 1.29 is 27.8 Å². The van der Waals surface area contributed by atoms with Gasteiger partial charge < -0.3 is 29.0 Å². The lowest BCUT2D eigenvalue weighted by molar-refractivity contribution is -0.0964. The minimum Gasteiger partial charge on any atom is -0.420 e. The van der Waals surface area contributed by atoms with Crippen molar-refractivity contribution in [2.75, 3.05) is 43.1 Å². The van der Waals surface area contributed by atoms with Crippen molar-refractivity contribution in [2.45, 2.75) is 31.6 Å². The number of hydrogen-bond acceptors (Lipinski definition) is 10. The molecule has 9 rings (SSSR count). The average Bonchev–Trinajstić information content (AvgIpc) is 3.83. The van der Waals surface area contributed by atoms with Crippen LogP contribution < -0.4 is 15.0 Å². The second kappa shape index (κ2) is 12.6.